The number of rotatable bonds is 38. The van der Waals surface area contributed by atoms with E-state index < -0.39 is 0 Å². The van der Waals surface area contributed by atoms with Gasteiger partial charge in [0.25, 0.3) is 0 Å². The molecule has 0 aromatic carbocycles. The molecule has 48 heavy (non-hydrogen) atoms. The Morgan fingerprint density at radius 2 is 0.833 bits per heavy atom. The van der Waals surface area contributed by atoms with Crippen molar-refractivity contribution in [3.63, 3.8) is 0 Å². The van der Waals surface area contributed by atoms with E-state index in [4.69, 9.17) is 0 Å². The molecule has 0 spiro atoms. The van der Waals surface area contributed by atoms with Crippen molar-refractivity contribution >= 4 is 11.7 Å². The molecular weight excluding hydrogens is 587 g/mol. The molecule has 0 saturated heterocycles. The molecule has 0 aromatic heterocycles. The molecule has 1 heterocycles. The minimum atomic E-state index is 0.0964. The van der Waals surface area contributed by atoms with Crippen molar-refractivity contribution in [2.24, 2.45) is 0 Å². The summed E-state index contributed by atoms with van der Waals surface area (Å²) in [6.45, 7) is 8.77. The normalized spacial score (nSPS) is 13.7. The van der Waals surface area contributed by atoms with E-state index in [1.165, 1.54) is 218 Å². The van der Waals surface area contributed by atoms with Crippen molar-refractivity contribution < 1.29 is 9.37 Å². The Morgan fingerprint density at radius 1 is 0.521 bits per heavy atom. The molecule has 4 nitrogen and oxygen atoms in total. The van der Waals surface area contributed by atoms with Gasteiger partial charge in [0.1, 0.15) is 13.1 Å². The second-order valence-electron chi connectivity index (χ2n) is 15.6. The summed E-state index contributed by atoms with van der Waals surface area (Å²) in [4.78, 5) is 12.6. The van der Waals surface area contributed by atoms with E-state index in [2.05, 4.69) is 36.0 Å². The third kappa shape index (κ3) is 28.7. The summed E-state index contributed by atoms with van der Waals surface area (Å²) in [5.41, 5.74) is 0. The van der Waals surface area contributed by atoms with Gasteiger partial charge in [-0.15, -0.1) is 0 Å². The van der Waals surface area contributed by atoms with Crippen molar-refractivity contribution in [1.82, 2.24) is 10.6 Å². The van der Waals surface area contributed by atoms with Crippen LogP contribution in [0.1, 0.15) is 252 Å². The second kappa shape index (κ2) is 35.8. The summed E-state index contributed by atoms with van der Waals surface area (Å²) in [5, 5.41) is 6.90. The van der Waals surface area contributed by atoms with Crippen LogP contribution in [0.5, 0.6) is 0 Å². The molecule has 1 amide bonds. The van der Waals surface area contributed by atoms with Gasteiger partial charge >= 0.3 is 0 Å². The van der Waals surface area contributed by atoms with Gasteiger partial charge in [-0.1, -0.05) is 219 Å². The highest BCUT2D eigenvalue weighted by Gasteiger charge is 2.25. The molecule has 1 atom stereocenters. The lowest BCUT2D eigenvalue weighted by atomic mass is 10.0. The van der Waals surface area contributed by atoms with Crippen LogP contribution in [0.15, 0.2) is 0 Å². The maximum absolute atomic E-state index is 12.6. The topological polar surface area (TPSA) is 44.1 Å². The number of carbonyl (C=O) groups is 1. The van der Waals surface area contributed by atoms with Crippen LogP contribution in [-0.2, 0) is 4.79 Å². The van der Waals surface area contributed by atoms with E-state index in [1.807, 2.05) is 0 Å². The van der Waals surface area contributed by atoms with Crippen LogP contribution in [0.3, 0.4) is 0 Å². The maximum Gasteiger partial charge on any atom is 0.246 e. The van der Waals surface area contributed by atoms with Gasteiger partial charge in [0.05, 0.1) is 0 Å². The van der Waals surface area contributed by atoms with Gasteiger partial charge in [-0.3, -0.25) is 10.1 Å². The minimum Gasteiger partial charge on any atom is -0.318 e. The number of unbranched alkanes of at least 4 members (excludes halogenated alkanes) is 32. The molecule has 0 radical (unpaired) electrons. The molecule has 0 fully saturated rings. The molecule has 1 rings (SSSR count). The number of amidine groups is 1. The lowest BCUT2D eigenvalue weighted by Crippen LogP contribution is -2.42. The van der Waals surface area contributed by atoms with Crippen molar-refractivity contribution in [1.29, 1.82) is 0 Å². The standard InChI is InChI=1S/C44H87N3O/c1-4-6-8-10-12-14-16-18-20-22-24-26-28-30-32-34-36-38-43-45-40-41-47(43)42(3)46-44(48)39-37-35-33-31-29-27-25-23-21-19-17-15-13-11-9-7-5-2/h42H,4-41H2,1-3H3,(H,46,48)/p+1. The van der Waals surface area contributed by atoms with E-state index >= 15 is 0 Å². The molecule has 0 aliphatic carbocycles. The van der Waals surface area contributed by atoms with Crippen LogP contribution in [-0.4, -0.2) is 35.6 Å². The predicted molar refractivity (Wildman–Crippen MR) is 213 cm³/mol. The molecule has 284 valence electrons. The van der Waals surface area contributed by atoms with Gasteiger partial charge in [-0.05, 0) is 19.8 Å². The summed E-state index contributed by atoms with van der Waals surface area (Å²) < 4.78 is 2.40. The second-order valence-corrected chi connectivity index (χ2v) is 15.6. The van der Waals surface area contributed by atoms with Gasteiger partial charge < -0.3 is 5.32 Å². The lowest BCUT2D eigenvalue weighted by Gasteiger charge is -2.15. The smallest absolute Gasteiger partial charge is 0.246 e. The first-order chi connectivity index (χ1) is 23.7. The Kier molecular flexibility index (Phi) is 33.5. The van der Waals surface area contributed by atoms with E-state index in [0.717, 1.165) is 25.9 Å². The number of hydrogen-bond donors (Lipinski definition) is 2. The van der Waals surface area contributed by atoms with Crippen LogP contribution >= 0.6 is 0 Å². The maximum atomic E-state index is 12.6. The molecule has 2 N–H and O–H groups in total. The third-order valence-corrected chi connectivity index (χ3v) is 10.9. The average molecular weight is 675 g/mol. The molecule has 1 aliphatic rings. The molecule has 0 saturated carbocycles. The molecule has 1 aliphatic heterocycles. The van der Waals surface area contributed by atoms with Gasteiger partial charge in [0, 0.05) is 12.8 Å². The van der Waals surface area contributed by atoms with E-state index in [0.29, 0.717) is 6.42 Å². The van der Waals surface area contributed by atoms with E-state index in [-0.39, 0.29) is 12.1 Å². The Hall–Kier alpha value is -1.06. The van der Waals surface area contributed by atoms with Crippen LogP contribution in [0, 0.1) is 0 Å². The average Bonchev–Trinajstić information content (AvgIpc) is 3.56. The fourth-order valence-corrected chi connectivity index (χ4v) is 7.63. The van der Waals surface area contributed by atoms with Crippen LogP contribution < -0.4 is 10.6 Å². The minimum absolute atomic E-state index is 0.0964. The number of amides is 1. The Balaban J connectivity index is 1.92. The highest BCUT2D eigenvalue weighted by molar-refractivity contribution is 5.79. The Labute approximate surface area is 302 Å². The Bertz CT molecular complexity index is 720. The zero-order valence-corrected chi connectivity index (χ0v) is 33.3. The quantitative estimate of drug-likeness (QED) is 0.0506. The summed E-state index contributed by atoms with van der Waals surface area (Å²) >= 11 is 0. The summed E-state index contributed by atoms with van der Waals surface area (Å²) in [6.07, 6.45) is 49.4. The first-order valence-corrected chi connectivity index (χ1v) is 22.3. The molecule has 0 bridgehead atoms. The molecule has 4 heteroatoms. The third-order valence-electron chi connectivity index (χ3n) is 10.9. The fourth-order valence-electron chi connectivity index (χ4n) is 7.63. The number of carbonyl (C=O) groups excluding carboxylic acids is 1. The molecule has 0 aromatic rings. The van der Waals surface area contributed by atoms with E-state index in [9.17, 15) is 4.79 Å². The molecular formula is C44H88N3O+. The van der Waals surface area contributed by atoms with Crippen molar-refractivity contribution in [2.45, 2.75) is 258 Å². The zero-order chi connectivity index (χ0) is 34.6. The van der Waals surface area contributed by atoms with Crippen molar-refractivity contribution in [3.8, 4) is 0 Å². The summed E-state index contributed by atoms with van der Waals surface area (Å²) in [5.74, 6) is 1.58. The van der Waals surface area contributed by atoms with Gasteiger partial charge in [0.2, 0.25) is 11.7 Å². The van der Waals surface area contributed by atoms with Gasteiger partial charge in [0.15, 0.2) is 6.17 Å². The predicted octanol–water partition coefficient (Wildman–Crippen LogP) is 13.5. The summed E-state index contributed by atoms with van der Waals surface area (Å²) in [6, 6.07) is 0. The largest absolute Gasteiger partial charge is 0.318 e. The highest BCUT2D eigenvalue weighted by Crippen LogP contribution is 2.16. The highest BCUT2D eigenvalue weighted by atomic mass is 16.1. The zero-order valence-electron chi connectivity index (χ0n) is 33.3. The van der Waals surface area contributed by atoms with Crippen LogP contribution in [0.4, 0.5) is 0 Å². The SMILES string of the molecule is CCCCCCCCCCCCCCCCCCCC(=O)NC(C)[N+]1=C(CCCCCCCCCCCCCCCCCCC)NCC1. The van der Waals surface area contributed by atoms with E-state index in [1.54, 1.807) is 0 Å². The van der Waals surface area contributed by atoms with Crippen LogP contribution in [0.25, 0.3) is 0 Å². The number of hydrogen-bond acceptors (Lipinski definition) is 2. The Morgan fingerprint density at radius 3 is 1.19 bits per heavy atom. The number of nitrogens with one attached hydrogen (secondary N) is 2. The van der Waals surface area contributed by atoms with Gasteiger partial charge in [-0.2, -0.15) is 0 Å². The van der Waals surface area contributed by atoms with Crippen molar-refractivity contribution in [3.05, 3.63) is 0 Å². The monoisotopic (exact) mass is 675 g/mol. The fraction of sp³-hybridized carbons (Fsp3) is 0.955. The lowest BCUT2D eigenvalue weighted by molar-refractivity contribution is -0.558. The van der Waals surface area contributed by atoms with Crippen LogP contribution in [0.2, 0.25) is 0 Å². The summed E-state index contributed by atoms with van der Waals surface area (Å²) in [7, 11) is 0. The first kappa shape index (κ1) is 45.0. The molecule has 1 unspecified atom stereocenters. The van der Waals surface area contributed by atoms with Crippen molar-refractivity contribution in [2.75, 3.05) is 13.1 Å². The van der Waals surface area contributed by atoms with Gasteiger partial charge in [-0.25, -0.2) is 4.58 Å². The first-order valence-electron chi connectivity index (χ1n) is 22.3. The number of nitrogens with zero attached hydrogens (tertiary/aromatic N) is 1.